The Kier molecular flexibility index (Phi) is 5.83. The van der Waals surface area contributed by atoms with E-state index in [0.717, 1.165) is 5.56 Å². The Morgan fingerprint density at radius 2 is 1.88 bits per heavy atom. The van der Waals surface area contributed by atoms with Crippen LogP contribution in [0.4, 0.5) is 9.18 Å². The van der Waals surface area contributed by atoms with Crippen LogP contribution < -0.4 is 0 Å². The zero-order chi connectivity index (χ0) is 17.9. The van der Waals surface area contributed by atoms with Gasteiger partial charge in [-0.2, -0.15) is 0 Å². The molecule has 1 saturated heterocycles. The number of likely N-dealkylation sites (tertiary alicyclic amines) is 1. The molecule has 5 nitrogen and oxygen atoms in total. The molecule has 1 amide bonds. The third kappa shape index (κ3) is 4.24. The Morgan fingerprint density at radius 1 is 1.25 bits per heavy atom. The molecular weight excluding hydrogens is 313 g/mol. The van der Waals surface area contributed by atoms with Crippen molar-refractivity contribution in [2.75, 3.05) is 19.8 Å². The molecule has 1 aliphatic heterocycles. The summed E-state index contributed by atoms with van der Waals surface area (Å²) in [6, 6.07) is 5.43. The third-order valence-corrected chi connectivity index (χ3v) is 4.37. The second kappa shape index (κ2) is 7.49. The molecule has 1 aromatic carbocycles. The van der Waals surface area contributed by atoms with E-state index >= 15 is 0 Å². The van der Waals surface area contributed by atoms with Crippen LogP contribution in [0.1, 0.15) is 38.8 Å². The highest BCUT2D eigenvalue weighted by Crippen LogP contribution is 2.40. The Balaban J connectivity index is 2.36. The summed E-state index contributed by atoms with van der Waals surface area (Å²) >= 11 is 0. The third-order valence-electron chi connectivity index (χ3n) is 4.37. The van der Waals surface area contributed by atoms with Crippen molar-refractivity contribution in [1.82, 2.24) is 4.90 Å². The molecule has 2 rings (SSSR count). The van der Waals surface area contributed by atoms with Crippen LogP contribution in [0.3, 0.4) is 0 Å². The lowest BCUT2D eigenvalue weighted by atomic mass is 9.77. The quantitative estimate of drug-likeness (QED) is 0.888. The van der Waals surface area contributed by atoms with E-state index in [-0.39, 0.29) is 30.9 Å². The molecule has 6 heteroatoms. The second-order valence-corrected chi connectivity index (χ2v) is 7.25. The fourth-order valence-corrected chi connectivity index (χ4v) is 3.24. The summed E-state index contributed by atoms with van der Waals surface area (Å²) < 4.78 is 18.7. The van der Waals surface area contributed by atoms with Crippen molar-refractivity contribution in [3.8, 4) is 0 Å². The van der Waals surface area contributed by atoms with Gasteiger partial charge in [0, 0.05) is 25.7 Å². The normalized spacial score (nSPS) is 24.8. The maximum absolute atomic E-state index is 13.3. The van der Waals surface area contributed by atoms with Crippen LogP contribution in [0.5, 0.6) is 0 Å². The molecule has 0 saturated carbocycles. The molecule has 1 fully saturated rings. The monoisotopic (exact) mass is 339 g/mol. The van der Waals surface area contributed by atoms with Crippen LogP contribution in [0, 0.1) is 17.7 Å². The number of aliphatic hydroxyl groups is 2. The molecule has 0 aromatic heterocycles. The maximum atomic E-state index is 13.3. The van der Waals surface area contributed by atoms with E-state index in [1.54, 1.807) is 37.8 Å². The second-order valence-electron chi connectivity index (χ2n) is 7.25. The molecule has 2 unspecified atom stereocenters. The average molecular weight is 339 g/mol. The molecular formula is C18H26FNO4. The summed E-state index contributed by atoms with van der Waals surface area (Å²) in [5.74, 6) is -0.817. The molecule has 0 spiro atoms. The highest BCUT2D eigenvalue weighted by atomic mass is 19.1. The topological polar surface area (TPSA) is 70.0 Å². The molecule has 2 N–H and O–H groups in total. The van der Waals surface area contributed by atoms with E-state index in [1.807, 2.05) is 0 Å². The molecule has 0 bridgehead atoms. The maximum Gasteiger partial charge on any atom is 0.410 e. The van der Waals surface area contributed by atoms with Crippen LogP contribution in [0.2, 0.25) is 0 Å². The Morgan fingerprint density at radius 3 is 2.38 bits per heavy atom. The zero-order valence-corrected chi connectivity index (χ0v) is 14.4. The van der Waals surface area contributed by atoms with Crippen LogP contribution in [0.15, 0.2) is 24.3 Å². The van der Waals surface area contributed by atoms with Gasteiger partial charge in [0.25, 0.3) is 0 Å². The number of piperidine rings is 1. The van der Waals surface area contributed by atoms with Crippen LogP contribution in [-0.2, 0) is 4.74 Å². The van der Waals surface area contributed by atoms with E-state index in [9.17, 15) is 19.4 Å². The van der Waals surface area contributed by atoms with Crippen LogP contribution in [0.25, 0.3) is 0 Å². The van der Waals surface area contributed by atoms with Crippen molar-refractivity contribution in [2.45, 2.75) is 38.8 Å². The van der Waals surface area contributed by atoms with Gasteiger partial charge in [0.05, 0.1) is 6.04 Å². The number of carbonyl (C=O) groups excluding carboxylic acids is 1. The number of nitrogens with zero attached hydrogens (tertiary/aromatic N) is 1. The van der Waals surface area contributed by atoms with Gasteiger partial charge in [-0.3, -0.25) is 0 Å². The lowest BCUT2D eigenvalue weighted by Crippen LogP contribution is -2.49. The summed E-state index contributed by atoms with van der Waals surface area (Å²) in [4.78, 5) is 14.2. The molecule has 1 aromatic rings. The fraction of sp³-hybridized carbons (Fsp3) is 0.611. The van der Waals surface area contributed by atoms with Gasteiger partial charge in [0.2, 0.25) is 0 Å². The molecule has 1 heterocycles. The van der Waals surface area contributed by atoms with Gasteiger partial charge >= 0.3 is 6.09 Å². The Bertz CT molecular complexity index is 555. The first-order chi connectivity index (χ1) is 11.3. The predicted molar refractivity (Wildman–Crippen MR) is 87.8 cm³/mol. The average Bonchev–Trinajstić information content (AvgIpc) is 2.52. The van der Waals surface area contributed by atoms with Crippen LogP contribution in [-0.4, -0.2) is 46.6 Å². The van der Waals surface area contributed by atoms with E-state index in [2.05, 4.69) is 0 Å². The molecule has 3 atom stereocenters. The molecule has 0 aliphatic carbocycles. The van der Waals surface area contributed by atoms with Crippen molar-refractivity contribution in [3.63, 3.8) is 0 Å². The largest absolute Gasteiger partial charge is 0.444 e. The van der Waals surface area contributed by atoms with Gasteiger partial charge in [0.1, 0.15) is 11.4 Å². The summed E-state index contributed by atoms with van der Waals surface area (Å²) in [6.45, 7) is 5.56. The summed E-state index contributed by atoms with van der Waals surface area (Å²) in [7, 11) is 0. The number of hydrogen-bond donors (Lipinski definition) is 2. The van der Waals surface area contributed by atoms with Gasteiger partial charge in [-0.1, -0.05) is 12.1 Å². The van der Waals surface area contributed by atoms with Crippen LogP contribution >= 0.6 is 0 Å². The van der Waals surface area contributed by atoms with Gasteiger partial charge in [0.15, 0.2) is 0 Å². The van der Waals surface area contributed by atoms with Crippen molar-refractivity contribution in [2.24, 2.45) is 11.8 Å². The van der Waals surface area contributed by atoms with Gasteiger partial charge in [-0.05, 0) is 50.8 Å². The first kappa shape index (κ1) is 18.7. The minimum absolute atomic E-state index is 0.0644. The summed E-state index contributed by atoms with van der Waals surface area (Å²) in [5, 5.41) is 19.5. The lowest BCUT2D eigenvalue weighted by Gasteiger charge is -2.44. The number of aliphatic hydroxyl groups excluding tert-OH is 2. The SMILES string of the molecule is CC(C)(C)OC(=O)N1CC[C@H](CO)C(CO)C1c1ccc(F)cc1. The van der Waals surface area contributed by atoms with Crippen molar-refractivity contribution < 1.29 is 24.1 Å². The number of rotatable bonds is 3. The minimum atomic E-state index is -0.632. The van der Waals surface area contributed by atoms with E-state index in [4.69, 9.17) is 4.74 Å². The lowest BCUT2D eigenvalue weighted by molar-refractivity contribution is -0.0318. The fourth-order valence-electron chi connectivity index (χ4n) is 3.24. The van der Waals surface area contributed by atoms with Crippen molar-refractivity contribution in [3.05, 3.63) is 35.6 Å². The zero-order valence-electron chi connectivity index (χ0n) is 14.4. The van der Waals surface area contributed by atoms with Gasteiger partial charge in [-0.25, -0.2) is 9.18 Å². The van der Waals surface area contributed by atoms with E-state index in [0.29, 0.717) is 13.0 Å². The Hall–Kier alpha value is -1.66. The highest BCUT2D eigenvalue weighted by molar-refractivity contribution is 5.69. The summed E-state index contributed by atoms with van der Waals surface area (Å²) in [6.07, 6.45) is 0.116. The minimum Gasteiger partial charge on any atom is -0.444 e. The number of benzene rings is 1. The standard InChI is InChI=1S/C18H26FNO4/c1-18(2,3)24-17(23)20-9-8-13(10-21)15(11-22)16(20)12-4-6-14(19)7-5-12/h4-7,13,15-16,21-22H,8-11H2,1-3H3/t13-,15?,16?/m1/s1. The van der Waals surface area contributed by atoms with E-state index < -0.39 is 17.7 Å². The smallest absolute Gasteiger partial charge is 0.410 e. The highest BCUT2D eigenvalue weighted by Gasteiger charge is 2.41. The molecule has 1 aliphatic rings. The number of ether oxygens (including phenoxy) is 1. The van der Waals surface area contributed by atoms with E-state index in [1.165, 1.54) is 12.1 Å². The number of halogens is 1. The predicted octanol–water partition coefficient (Wildman–Crippen LogP) is 2.72. The Labute approximate surface area is 142 Å². The summed E-state index contributed by atoms with van der Waals surface area (Å²) in [5.41, 5.74) is 0.0897. The van der Waals surface area contributed by atoms with Crippen molar-refractivity contribution in [1.29, 1.82) is 0 Å². The first-order valence-corrected chi connectivity index (χ1v) is 8.23. The van der Waals surface area contributed by atoms with Gasteiger partial charge < -0.3 is 19.8 Å². The number of amides is 1. The molecule has 24 heavy (non-hydrogen) atoms. The van der Waals surface area contributed by atoms with Gasteiger partial charge in [-0.15, -0.1) is 0 Å². The van der Waals surface area contributed by atoms with Crippen molar-refractivity contribution >= 4 is 6.09 Å². The first-order valence-electron chi connectivity index (χ1n) is 8.23. The number of carbonyl (C=O) groups is 1. The number of hydrogen-bond acceptors (Lipinski definition) is 4. The molecule has 0 radical (unpaired) electrons. The molecule has 134 valence electrons.